The molecule has 104 valence electrons. The average Bonchev–Trinajstić information content (AvgIpc) is 2.92. The Morgan fingerprint density at radius 1 is 1.42 bits per heavy atom. The number of piperazine rings is 1. The van der Waals surface area contributed by atoms with E-state index in [1.165, 1.54) is 0 Å². The van der Waals surface area contributed by atoms with E-state index in [0.29, 0.717) is 25.8 Å². The number of hydrogen-bond donors (Lipinski definition) is 1. The molecule has 1 fully saturated rings. The number of hydrogen-bond acceptors (Lipinski definition) is 4. The van der Waals surface area contributed by atoms with Crippen molar-refractivity contribution in [1.29, 1.82) is 0 Å². The van der Waals surface area contributed by atoms with Crippen LogP contribution in [0.1, 0.15) is 32.4 Å². The first kappa shape index (κ1) is 14.0. The molecule has 0 saturated carbocycles. The lowest BCUT2D eigenvalue weighted by Gasteiger charge is -2.41. The summed E-state index contributed by atoms with van der Waals surface area (Å²) in [5.41, 5.74) is 2.04. The van der Waals surface area contributed by atoms with Crippen molar-refractivity contribution in [2.75, 3.05) is 13.1 Å². The van der Waals surface area contributed by atoms with Gasteiger partial charge in [0.2, 0.25) is 11.8 Å². The first-order valence-electron chi connectivity index (χ1n) is 6.58. The van der Waals surface area contributed by atoms with Crippen molar-refractivity contribution in [2.24, 2.45) is 0 Å². The highest BCUT2D eigenvalue weighted by molar-refractivity contribution is 7.07. The number of rotatable bonds is 5. The molecule has 2 rings (SSSR count). The topological polar surface area (TPSA) is 62.3 Å². The maximum atomic E-state index is 12.5. The first-order valence-corrected chi connectivity index (χ1v) is 7.53. The fraction of sp³-hybridized carbons (Fsp3) is 0.615. The fourth-order valence-corrected chi connectivity index (χ4v) is 3.02. The number of amides is 2. The first-order chi connectivity index (χ1) is 9.11. The van der Waals surface area contributed by atoms with Crippen molar-refractivity contribution < 1.29 is 9.59 Å². The molecule has 2 amide bonds. The SMILES string of the molecule is CCC1(CC)NC(=O)CN(CCc2cscn2)C1=O. The zero-order chi connectivity index (χ0) is 13.9. The summed E-state index contributed by atoms with van der Waals surface area (Å²) in [6.45, 7) is 4.58. The summed E-state index contributed by atoms with van der Waals surface area (Å²) in [6.07, 6.45) is 1.95. The Balaban J connectivity index is 2.07. The van der Waals surface area contributed by atoms with Gasteiger partial charge in [-0.1, -0.05) is 13.8 Å². The molecule has 0 radical (unpaired) electrons. The zero-order valence-electron chi connectivity index (χ0n) is 11.3. The van der Waals surface area contributed by atoms with Gasteiger partial charge in [0.1, 0.15) is 5.54 Å². The van der Waals surface area contributed by atoms with Crippen molar-refractivity contribution in [1.82, 2.24) is 15.2 Å². The molecule has 1 aromatic rings. The highest BCUT2D eigenvalue weighted by atomic mass is 32.1. The lowest BCUT2D eigenvalue weighted by atomic mass is 9.89. The van der Waals surface area contributed by atoms with E-state index in [4.69, 9.17) is 0 Å². The minimum atomic E-state index is -0.711. The number of carbonyl (C=O) groups is 2. The summed E-state index contributed by atoms with van der Waals surface area (Å²) in [5.74, 6) is -0.0334. The van der Waals surface area contributed by atoms with Crippen molar-refractivity contribution >= 4 is 23.2 Å². The maximum Gasteiger partial charge on any atom is 0.248 e. The van der Waals surface area contributed by atoms with Crippen LogP contribution in [-0.2, 0) is 16.0 Å². The van der Waals surface area contributed by atoms with Crippen LogP contribution in [0.3, 0.4) is 0 Å². The van der Waals surface area contributed by atoms with Crippen molar-refractivity contribution in [2.45, 2.75) is 38.6 Å². The Labute approximate surface area is 117 Å². The van der Waals surface area contributed by atoms with Gasteiger partial charge in [0, 0.05) is 18.3 Å². The quantitative estimate of drug-likeness (QED) is 0.882. The predicted octanol–water partition coefficient (Wildman–Crippen LogP) is 1.20. The summed E-state index contributed by atoms with van der Waals surface area (Å²) in [5, 5.41) is 4.83. The van der Waals surface area contributed by atoms with E-state index in [2.05, 4.69) is 10.3 Å². The Bertz CT molecular complexity index is 454. The average molecular weight is 281 g/mol. The molecule has 0 atom stereocenters. The molecule has 1 aliphatic rings. The summed E-state index contributed by atoms with van der Waals surface area (Å²) in [4.78, 5) is 30.2. The molecule has 0 aromatic carbocycles. The Morgan fingerprint density at radius 3 is 2.74 bits per heavy atom. The van der Waals surface area contributed by atoms with Gasteiger partial charge in [-0.3, -0.25) is 9.59 Å². The smallest absolute Gasteiger partial charge is 0.248 e. The van der Waals surface area contributed by atoms with Gasteiger partial charge in [0.15, 0.2) is 0 Å². The molecular weight excluding hydrogens is 262 g/mol. The minimum Gasteiger partial charge on any atom is -0.340 e. The normalized spacial score (nSPS) is 18.5. The second-order valence-electron chi connectivity index (χ2n) is 4.79. The van der Waals surface area contributed by atoms with Gasteiger partial charge in [-0.05, 0) is 12.8 Å². The van der Waals surface area contributed by atoms with Crippen molar-refractivity contribution in [3.63, 3.8) is 0 Å². The minimum absolute atomic E-state index is 0.0346. The Morgan fingerprint density at radius 2 is 2.16 bits per heavy atom. The third-order valence-corrected chi connectivity index (χ3v) is 4.37. The Hall–Kier alpha value is -1.43. The Kier molecular flexibility index (Phi) is 4.19. The van der Waals surface area contributed by atoms with Gasteiger partial charge in [0.25, 0.3) is 0 Å². The molecule has 1 aromatic heterocycles. The van der Waals surface area contributed by atoms with E-state index in [-0.39, 0.29) is 18.4 Å². The molecule has 0 unspecified atom stereocenters. The third kappa shape index (κ3) is 2.78. The third-order valence-electron chi connectivity index (χ3n) is 3.74. The highest BCUT2D eigenvalue weighted by Gasteiger charge is 2.43. The van der Waals surface area contributed by atoms with E-state index >= 15 is 0 Å². The van der Waals surface area contributed by atoms with Gasteiger partial charge in [0.05, 0.1) is 17.7 Å². The van der Waals surface area contributed by atoms with Gasteiger partial charge < -0.3 is 10.2 Å². The second-order valence-corrected chi connectivity index (χ2v) is 5.51. The van der Waals surface area contributed by atoms with Crippen LogP contribution in [0.2, 0.25) is 0 Å². The monoisotopic (exact) mass is 281 g/mol. The summed E-state index contributed by atoms with van der Waals surface area (Å²) < 4.78 is 0. The van der Waals surface area contributed by atoms with E-state index in [9.17, 15) is 9.59 Å². The number of nitrogens with zero attached hydrogens (tertiary/aromatic N) is 2. The van der Waals surface area contributed by atoms with Crippen LogP contribution in [0.4, 0.5) is 0 Å². The summed E-state index contributed by atoms with van der Waals surface area (Å²) in [7, 11) is 0. The van der Waals surface area contributed by atoms with Crippen molar-refractivity contribution in [3.8, 4) is 0 Å². The molecule has 6 heteroatoms. The van der Waals surface area contributed by atoms with Crippen LogP contribution in [0.15, 0.2) is 10.9 Å². The van der Waals surface area contributed by atoms with Gasteiger partial charge in [-0.15, -0.1) is 11.3 Å². The molecule has 2 heterocycles. The van der Waals surface area contributed by atoms with E-state index in [0.717, 1.165) is 5.69 Å². The van der Waals surface area contributed by atoms with Crippen LogP contribution in [0.25, 0.3) is 0 Å². The molecular formula is C13H19N3O2S. The second kappa shape index (κ2) is 5.69. The molecule has 1 aliphatic heterocycles. The van der Waals surface area contributed by atoms with Gasteiger partial charge >= 0.3 is 0 Å². The lowest BCUT2D eigenvalue weighted by molar-refractivity contribution is -0.150. The number of thiazole rings is 1. The van der Waals surface area contributed by atoms with Crippen LogP contribution in [0.5, 0.6) is 0 Å². The van der Waals surface area contributed by atoms with Crippen LogP contribution >= 0.6 is 11.3 Å². The van der Waals surface area contributed by atoms with Crippen LogP contribution in [0, 0.1) is 0 Å². The molecule has 1 N–H and O–H groups in total. The molecule has 5 nitrogen and oxygen atoms in total. The molecule has 0 bridgehead atoms. The van der Waals surface area contributed by atoms with Crippen LogP contribution < -0.4 is 5.32 Å². The number of carbonyl (C=O) groups excluding carboxylic acids is 2. The lowest BCUT2D eigenvalue weighted by Crippen LogP contribution is -2.66. The maximum absolute atomic E-state index is 12.5. The molecule has 19 heavy (non-hydrogen) atoms. The largest absolute Gasteiger partial charge is 0.340 e. The fourth-order valence-electron chi connectivity index (χ4n) is 2.43. The molecule has 1 saturated heterocycles. The molecule has 0 spiro atoms. The highest BCUT2D eigenvalue weighted by Crippen LogP contribution is 2.22. The van der Waals surface area contributed by atoms with Gasteiger partial charge in [-0.2, -0.15) is 0 Å². The van der Waals surface area contributed by atoms with Crippen LogP contribution in [-0.4, -0.2) is 40.3 Å². The van der Waals surface area contributed by atoms with E-state index in [1.807, 2.05) is 19.2 Å². The van der Waals surface area contributed by atoms with E-state index in [1.54, 1.807) is 21.7 Å². The summed E-state index contributed by atoms with van der Waals surface area (Å²) in [6, 6.07) is 0. The van der Waals surface area contributed by atoms with Crippen molar-refractivity contribution in [3.05, 3.63) is 16.6 Å². The zero-order valence-corrected chi connectivity index (χ0v) is 12.1. The number of aromatic nitrogens is 1. The predicted molar refractivity (Wildman–Crippen MR) is 73.9 cm³/mol. The standard InChI is InChI=1S/C13H19N3O2S/c1-3-13(4-2)12(18)16(7-11(17)15-13)6-5-10-8-19-9-14-10/h8-9H,3-7H2,1-2H3,(H,15,17). The molecule has 0 aliphatic carbocycles. The summed E-state index contributed by atoms with van der Waals surface area (Å²) >= 11 is 1.54. The number of nitrogens with one attached hydrogen (secondary N) is 1. The van der Waals surface area contributed by atoms with E-state index < -0.39 is 5.54 Å². The van der Waals surface area contributed by atoms with Gasteiger partial charge in [-0.25, -0.2) is 4.98 Å².